The number of amides is 1. The van der Waals surface area contributed by atoms with Crippen molar-refractivity contribution in [1.29, 1.82) is 0 Å². The van der Waals surface area contributed by atoms with Crippen LogP contribution in [0.5, 0.6) is 0 Å². The molecule has 1 aliphatic rings. The van der Waals surface area contributed by atoms with Crippen LogP contribution in [-0.4, -0.2) is 43.2 Å². The highest BCUT2D eigenvalue weighted by Crippen LogP contribution is 2.20. The highest BCUT2D eigenvalue weighted by atomic mass is 35.5. The number of nitrogens with two attached hydrogens (primary N) is 1. The van der Waals surface area contributed by atoms with E-state index in [1.807, 2.05) is 0 Å². The van der Waals surface area contributed by atoms with Crippen LogP contribution in [0.15, 0.2) is 24.3 Å². The molecule has 1 aliphatic heterocycles. The molecule has 1 amide bonds. The summed E-state index contributed by atoms with van der Waals surface area (Å²) in [4.78, 5) is 14.0. The summed E-state index contributed by atoms with van der Waals surface area (Å²) in [6.45, 7) is 1.65. The Morgan fingerprint density at radius 1 is 1.33 bits per heavy atom. The van der Waals surface area contributed by atoms with Crippen LogP contribution < -0.4 is 5.73 Å². The fraction of sp³-hybridized carbons (Fsp3) is 0.533. The standard InChI is InChI=1S/C15H21FN2O2.ClH/c1-18(9-6-12-2-4-13(16)5-3-12)14(19)15(17)7-10-20-11-8-15;/h2-5H,6-11,17H2,1H3;1H. The van der Waals surface area contributed by atoms with E-state index in [1.165, 1.54) is 12.1 Å². The molecule has 2 rings (SSSR count). The number of hydrogen-bond acceptors (Lipinski definition) is 3. The van der Waals surface area contributed by atoms with Gasteiger partial charge in [-0.1, -0.05) is 12.1 Å². The quantitative estimate of drug-likeness (QED) is 0.921. The summed E-state index contributed by atoms with van der Waals surface area (Å²) in [6.07, 6.45) is 1.81. The molecule has 1 heterocycles. The Hall–Kier alpha value is -1.17. The third kappa shape index (κ3) is 4.66. The molecule has 0 unspecified atom stereocenters. The maximum atomic E-state index is 12.8. The molecule has 0 atom stereocenters. The summed E-state index contributed by atoms with van der Waals surface area (Å²) in [5.41, 5.74) is 6.38. The number of halogens is 2. The number of carbonyl (C=O) groups is 1. The average molecular weight is 317 g/mol. The van der Waals surface area contributed by atoms with Gasteiger partial charge in [-0.2, -0.15) is 0 Å². The van der Waals surface area contributed by atoms with Crippen molar-refractivity contribution in [2.24, 2.45) is 5.73 Å². The van der Waals surface area contributed by atoms with Crippen molar-refractivity contribution in [2.75, 3.05) is 26.8 Å². The Morgan fingerprint density at radius 3 is 2.48 bits per heavy atom. The van der Waals surface area contributed by atoms with Gasteiger partial charge < -0.3 is 15.4 Å². The van der Waals surface area contributed by atoms with Gasteiger partial charge in [0.25, 0.3) is 0 Å². The van der Waals surface area contributed by atoms with E-state index in [-0.39, 0.29) is 24.1 Å². The molecule has 0 aromatic heterocycles. The molecule has 1 saturated heterocycles. The Bertz CT molecular complexity index is 461. The van der Waals surface area contributed by atoms with E-state index in [4.69, 9.17) is 10.5 Å². The van der Waals surface area contributed by atoms with Crippen molar-refractivity contribution in [1.82, 2.24) is 4.90 Å². The minimum absolute atomic E-state index is 0. The summed E-state index contributed by atoms with van der Waals surface area (Å²) in [5.74, 6) is -0.288. The molecular weight excluding hydrogens is 295 g/mol. The number of nitrogens with zero attached hydrogens (tertiary/aromatic N) is 1. The summed E-state index contributed by atoms with van der Waals surface area (Å²) < 4.78 is 18.1. The van der Waals surface area contributed by atoms with Crippen molar-refractivity contribution < 1.29 is 13.9 Å². The fourth-order valence-corrected chi connectivity index (χ4v) is 2.38. The highest BCUT2D eigenvalue weighted by molar-refractivity contribution is 5.86. The second kappa shape index (κ2) is 7.73. The predicted octanol–water partition coefficient (Wildman–Crippen LogP) is 1.76. The van der Waals surface area contributed by atoms with Gasteiger partial charge in [-0.05, 0) is 37.0 Å². The van der Waals surface area contributed by atoms with Crippen LogP contribution in [0.4, 0.5) is 4.39 Å². The SMILES string of the molecule is CN(CCc1ccc(F)cc1)C(=O)C1(N)CCOCC1.Cl. The second-order valence-corrected chi connectivity index (χ2v) is 5.37. The first kappa shape index (κ1) is 17.9. The highest BCUT2D eigenvalue weighted by Gasteiger charge is 2.37. The molecule has 118 valence electrons. The van der Waals surface area contributed by atoms with Gasteiger partial charge in [0.2, 0.25) is 5.91 Å². The minimum atomic E-state index is -0.796. The summed E-state index contributed by atoms with van der Waals surface area (Å²) in [5, 5.41) is 0. The van der Waals surface area contributed by atoms with Gasteiger partial charge in [0.1, 0.15) is 5.82 Å². The number of benzene rings is 1. The number of rotatable bonds is 4. The lowest BCUT2D eigenvalue weighted by Gasteiger charge is -2.35. The predicted molar refractivity (Wildman–Crippen MR) is 82.0 cm³/mol. The van der Waals surface area contributed by atoms with E-state index in [0.717, 1.165) is 5.56 Å². The van der Waals surface area contributed by atoms with Crippen LogP contribution in [0.3, 0.4) is 0 Å². The fourth-order valence-electron chi connectivity index (χ4n) is 2.38. The Labute approximate surface area is 130 Å². The van der Waals surface area contributed by atoms with Crippen molar-refractivity contribution in [3.8, 4) is 0 Å². The smallest absolute Gasteiger partial charge is 0.242 e. The van der Waals surface area contributed by atoms with E-state index < -0.39 is 5.54 Å². The molecule has 6 heteroatoms. The van der Waals surface area contributed by atoms with Crippen LogP contribution in [0, 0.1) is 5.82 Å². The molecule has 4 nitrogen and oxygen atoms in total. The van der Waals surface area contributed by atoms with Gasteiger partial charge in [0.15, 0.2) is 0 Å². The molecular formula is C15H22ClFN2O2. The van der Waals surface area contributed by atoms with E-state index >= 15 is 0 Å². The number of ether oxygens (including phenoxy) is 1. The molecule has 0 aliphatic carbocycles. The first-order chi connectivity index (χ1) is 9.51. The Balaban J connectivity index is 0.00000220. The normalized spacial score (nSPS) is 16.9. The molecule has 0 saturated carbocycles. The van der Waals surface area contributed by atoms with Crippen molar-refractivity contribution >= 4 is 18.3 Å². The molecule has 1 fully saturated rings. The monoisotopic (exact) mass is 316 g/mol. The van der Waals surface area contributed by atoms with Gasteiger partial charge in [-0.3, -0.25) is 4.79 Å². The molecule has 2 N–H and O–H groups in total. The minimum Gasteiger partial charge on any atom is -0.381 e. The van der Waals surface area contributed by atoms with Gasteiger partial charge in [-0.25, -0.2) is 4.39 Å². The van der Waals surface area contributed by atoms with Crippen LogP contribution in [0.1, 0.15) is 18.4 Å². The first-order valence-electron chi connectivity index (χ1n) is 6.88. The third-order valence-corrected chi connectivity index (χ3v) is 3.81. The number of hydrogen-bond donors (Lipinski definition) is 1. The van der Waals surface area contributed by atoms with Gasteiger partial charge in [0.05, 0.1) is 5.54 Å². The summed E-state index contributed by atoms with van der Waals surface area (Å²) in [7, 11) is 1.76. The van der Waals surface area contributed by atoms with Crippen molar-refractivity contribution in [2.45, 2.75) is 24.8 Å². The lowest BCUT2D eigenvalue weighted by Crippen LogP contribution is -2.57. The molecule has 1 aromatic rings. The maximum absolute atomic E-state index is 12.8. The lowest BCUT2D eigenvalue weighted by atomic mass is 9.90. The lowest BCUT2D eigenvalue weighted by molar-refractivity contribution is -0.139. The topological polar surface area (TPSA) is 55.6 Å². The molecule has 0 bridgehead atoms. The zero-order valence-corrected chi connectivity index (χ0v) is 13.0. The van der Waals surface area contributed by atoms with Crippen molar-refractivity contribution in [3.05, 3.63) is 35.6 Å². The Kier molecular flexibility index (Phi) is 6.58. The maximum Gasteiger partial charge on any atom is 0.242 e. The molecule has 0 spiro atoms. The first-order valence-corrected chi connectivity index (χ1v) is 6.88. The number of carbonyl (C=O) groups excluding carboxylic acids is 1. The van der Waals surface area contributed by atoms with Crippen LogP contribution in [0.2, 0.25) is 0 Å². The van der Waals surface area contributed by atoms with Gasteiger partial charge in [-0.15, -0.1) is 12.4 Å². The largest absolute Gasteiger partial charge is 0.381 e. The second-order valence-electron chi connectivity index (χ2n) is 5.37. The zero-order valence-electron chi connectivity index (χ0n) is 12.2. The molecule has 0 radical (unpaired) electrons. The summed E-state index contributed by atoms with van der Waals surface area (Å²) >= 11 is 0. The van der Waals surface area contributed by atoms with Gasteiger partial charge in [0, 0.05) is 26.8 Å². The molecule has 1 aromatic carbocycles. The van der Waals surface area contributed by atoms with Crippen LogP contribution in [0.25, 0.3) is 0 Å². The number of likely N-dealkylation sites (N-methyl/N-ethyl adjacent to an activating group) is 1. The van der Waals surface area contributed by atoms with E-state index in [1.54, 1.807) is 24.1 Å². The van der Waals surface area contributed by atoms with Crippen molar-refractivity contribution in [3.63, 3.8) is 0 Å². The van der Waals surface area contributed by atoms with E-state index in [0.29, 0.717) is 39.0 Å². The Morgan fingerprint density at radius 2 is 1.90 bits per heavy atom. The van der Waals surface area contributed by atoms with Gasteiger partial charge >= 0.3 is 0 Å². The molecule has 21 heavy (non-hydrogen) atoms. The van der Waals surface area contributed by atoms with Crippen LogP contribution >= 0.6 is 12.4 Å². The van der Waals surface area contributed by atoms with Crippen LogP contribution in [-0.2, 0) is 16.0 Å². The van der Waals surface area contributed by atoms with E-state index in [9.17, 15) is 9.18 Å². The third-order valence-electron chi connectivity index (χ3n) is 3.81. The summed E-state index contributed by atoms with van der Waals surface area (Å²) in [6, 6.07) is 6.33. The van der Waals surface area contributed by atoms with E-state index in [2.05, 4.69) is 0 Å². The average Bonchev–Trinajstić information content (AvgIpc) is 2.46. The zero-order chi connectivity index (χ0) is 14.6.